The number of nitrogens with zero attached hydrogens (tertiary/aromatic N) is 1. The van der Waals surface area contributed by atoms with Crippen LogP contribution in [0.1, 0.15) is 54.6 Å². The molecule has 3 aromatic rings. The number of rotatable bonds is 9. The number of methoxy groups -OCH3 is 1. The lowest BCUT2D eigenvalue weighted by Crippen LogP contribution is -2.37. The lowest BCUT2D eigenvalue weighted by molar-refractivity contribution is 0.0705. The Morgan fingerprint density at radius 1 is 1.11 bits per heavy atom. The molecular formula is C29H34Cl2N2O3Si. The summed E-state index contributed by atoms with van der Waals surface area (Å²) in [6, 6.07) is 17.0. The number of hydrogen-bond acceptors (Lipinski definition) is 4. The Hall–Kier alpha value is -2.56. The highest BCUT2D eigenvalue weighted by Crippen LogP contribution is 2.35. The highest BCUT2D eigenvalue weighted by molar-refractivity contribution is 6.48. The van der Waals surface area contributed by atoms with Gasteiger partial charge >= 0.3 is 0 Å². The number of halogens is 2. The largest absolute Gasteiger partial charge is 0.495 e. The van der Waals surface area contributed by atoms with E-state index in [1.807, 2.05) is 36.4 Å². The third kappa shape index (κ3) is 7.06. The summed E-state index contributed by atoms with van der Waals surface area (Å²) < 4.78 is 12.0. The number of ether oxygens (including phenoxy) is 1. The third-order valence-corrected chi connectivity index (χ3v) is 7.99. The molecular weight excluding hydrogens is 523 g/mol. The minimum atomic E-state index is -1.32. The quantitative estimate of drug-likeness (QED) is 0.279. The normalized spacial score (nSPS) is 13.3. The molecule has 3 aromatic carbocycles. The van der Waals surface area contributed by atoms with Crippen LogP contribution in [0.25, 0.3) is 10.8 Å². The van der Waals surface area contributed by atoms with Crippen molar-refractivity contribution >= 4 is 48.9 Å². The molecule has 196 valence electrons. The highest BCUT2D eigenvalue weighted by Gasteiger charge is 2.31. The van der Waals surface area contributed by atoms with Crippen molar-refractivity contribution in [1.82, 2.24) is 5.32 Å². The van der Waals surface area contributed by atoms with Crippen LogP contribution in [0.2, 0.25) is 23.1 Å². The number of nitriles is 1. The molecule has 1 N–H and O–H groups in total. The van der Waals surface area contributed by atoms with Crippen LogP contribution in [-0.4, -0.2) is 34.7 Å². The van der Waals surface area contributed by atoms with Crippen molar-refractivity contribution in [2.24, 2.45) is 5.41 Å². The predicted octanol–water partition coefficient (Wildman–Crippen LogP) is 7.35. The summed E-state index contributed by atoms with van der Waals surface area (Å²) in [5.74, 6) is -0.111. The number of fused-ring (bicyclic) bond motifs is 1. The SMILES string of the molecule is COc1c(C#N)cc2ccccc2c1C(=O)NC[C@@H](CC(O[SiH](C)C)C(C)(C)C)c1ccc(Cl)c(Cl)c1. The molecule has 0 aliphatic heterocycles. The van der Waals surface area contributed by atoms with Crippen LogP contribution in [0.15, 0.2) is 48.5 Å². The molecule has 8 heteroatoms. The van der Waals surface area contributed by atoms with Crippen LogP contribution in [0.3, 0.4) is 0 Å². The van der Waals surface area contributed by atoms with Crippen molar-refractivity contribution in [3.05, 3.63) is 75.3 Å². The Kier molecular flexibility index (Phi) is 9.66. The lowest BCUT2D eigenvalue weighted by Gasteiger charge is -2.35. The molecule has 0 bridgehead atoms. The minimum Gasteiger partial charge on any atom is -0.495 e. The van der Waals surface area contributed by atoms with Gasteiger partial charge in [0.1, 0.15) is 11.8 Å². The van der Waals surface area contributed by atoms with E-state index in [9.17, 15) is 10.1 Å². The van der Waals surface area contributed by atoms with Crippen molar-refractivity contribution in [3.8, 4) is 11.8 Å². The fraction of sp³-hybridized carbons (Fsp3) is 0.379. The first-order chi connectivity index (χ1) is 17.5. The van der Waals surface area contributed by atoms with E-state index in [1.54, 1.807) is 12.1 Å². The van der Waals surface area contributed by atoms with Crippen LogP contribution in [0.5, 0.6) is 5.75 Å². The van der Waals surface area contributed by atoms with E-state index in [1.165, 1.54) is 7.11 Å². The second kappa shape index (κ2) is 12.3. The molecule has 0 radical (unpaired) electrons. The Labute approximate surface area is 231 Å². The van der Waals surface area contributed by atoms with E-state index in [0.29, 0.717) is 34.1 Å². The summed E-state index contributed by atoms with van der Waals surface area (Å²) in [7, 11) is 0.155. The van der Waals surface area contributed by atoms with E-state index >= 15 is 0 Å². The summed E-state index contributed by atoms with van der Waals surface area (Å²) >= 11 is 12.6. The number of hydrogen-bond donors (Lipinski definition) is 1. The van der Waals surface area contributed by atoms with Gasteiger partial charge in [-0.3, -0.25) is 4.79 Å². The third-order valence-electron chi connectivity index (χ3n) is 6.38. The first-order valence-corrected chi connectivity index (χ1v) is 15.9. The predicted molar refractivity (Wildman–Crippen MR) is 155 cm³/mol. The molecule has 3 rings (SSSR count). The number of carbonyl (C=O) groups excluding carboxylic acids is 1. The average Bonchev–Trinajstić information content (AvgIpc) is 2.85. The molecule has 1 unspecified atom stereocenters. The van der Waals surface area contributed by atoms with Crippen molar-refractivity contribution < 1.29 is 14.0 Å². The van der Waals surface area contributed by atoms with Crippen LogP contribution in [0, 0.1) is 16.7 Å². The Balaban J connectivity index is 1.99. The van der Waals surface area contributed by atoms with E-state index in [-0.39, 0.29) is 29.1 Å². The van der Waals surface area contributed by atoms with Crippen LogP contribution >= 0.6 is 23.2 Å². The summed E-state index contributed by atoms with van der Waals surface area (Å²) in [6.07, 6.45) is 0.691. The molecule has 5 nitrogen and oxygen atoms in total. The van der Waals surface area contributed by atoms with Gasteiger partial charge in [-0.2, -0.15) is 5.26 Å². The zero-order valence-corrected chi connectivity index (χ0v) is 24.9. The number of benzene rings is 3. The maximum atomic E-state index is 13.7. The van der Waals surface area contributed by atoms with Gasteiger partial charge in [-0.05, 0) is 59.5 Å². The van der Waals surface area contributed by atoms with Gasteiger partial charge in [0.2, 0.25) is 0 Å². The summed E-state index contributed by atoms with van der Waals surface area (Å²) in [5.41, 5.74) is 1.55. The average molecular weight is 558 g/mol. The first kappa shape index (κ1) is 29.0. The van der Waals surface area contributed by atoms with Gasteiger partial charge in [0.15, 0.2) is 9.04 Å². The van der Waals surface area contributed by atoms with Gasteiger partial charge < -0.3 is 14.5 Å². The van der Waals surface area contributed by atoms with Gasteiger partial charge in [0.05, 0.1) is 34.4 Å². The molecule has 0 saturated carbocycles. The highest BCUT2D eigenvalue weighted by atomic mass is 35.5. The zero-order valence-electron chi connectivity index (χ0n) is 22.2. The second-order valence-corrected chi connectivity index (χ2v) is 13.7. The summed E-state index contributed by atoms with van der Waals surface area (Å²) in [4.78, 5) is 13.7. The number of carbonyl (C=O) groups is 1. The topological polar surface area (TPSA) is 71.3 Å². The van der Waals surface area contributed by atoms with Crippen LogP contribution in [-0.2, 0) is 4.43 Å². The van der Waals surface area contributed by atoms with Gasteiger partial charge in [0, 0.05) is 12.5 Å². The number of nitrogens with one attached hydrogen (secondary N) is 1. The van der Waals surface area contributed by atoms with Crippen molar-refractivity contribution in [2.75, 3.05) is 13.7 Å². The van der Waals surface area contributed by atoms with Gasteiger partial charge in [-0.25, -0.2) is 0 Å². The Morgan fingerprint density at radius 2 is 1.81 bits per heavy atom. The molecule has 0 aromatic heterocycles. The fourth-order valence-corrected chi connectivity index (χ4v) is 5.94. The fourth-order valence-electron chi connectivity index (χ4n) is 4.46. The smallest absolute Gasteiger partial charge is 0.255 e. The maximum Gasteiger partial charge on any atom is 0.255 e. The molecule has 0 heterocycles. The molecule has 0 fully saturated rings. The van der Waals surface area contributed by atoms with E-state index in [4.69, 9.17) is 32.4 Å². The Bertz CT molecular complexity index is 1310. The van der Waals surface area contributed by atoms with Crippen LogP contribution < -0.4 is 10.1 Å². The van der Waals surface area contributed by atoms with Crippen LogP contribution in [0.4, 0.5) is 0 Å². The van der Waals surface area contributed by atoms with Gasteiger partial charge in [-0.1, -0.05) is 74.3 Å². The minimum absolute atomic E-state index is 0.00666. The molecule has 0 aliphatic carbocycles. The van der Waals surface area contributed by atoms with E-state index in [2.05, 4.69) is 45.3 Å². The van der Waals surface area contributed by atoms with Crippen molar-refractivity contribution in [2.45, 2.75) is 52.3 Å². The standard InChI is InChI=1S/C29H34Cl2N2O3Si/c1-29(2,3)25(36-37(5)6)15-21(18-11-12-23(30)24(31)14-18)17-33-28(34)26-22-10-8-7-9-19(22)13-20(16-32)27(26)35-4/h7-14,21,25,37H,15,17H2,1-6H3,(H,33,34)/t21-,25?/m1/s1. The summed E-state index contributed by atoms with van der Waals surface area (Å²) in [6.45, 7) is 11.2. The van der Waals surface area contributed by atoms with E-state index < -0.39 is 9.04 Å². The number of amides is 1. The zero-order chi connectivity index (χ0) is 27.3. The molecule has 1 amide bonds. The van der Waals surface area contributed by atoms with E-state index in [0.717, 1.165) is 16.3 Å². The molecule has 2 atom stereocenters. The monoisotopic (exact) mass is 556 g/mol. The van der Waals surface area contributed by atoms with Crippen molar-refractivity contribution in [1.29, 1.82) is 5.26 Å². The first-order valence-electron chi connectivity index (χ1n) is 12.3. The maximum absolute atomic E-state index is 13.7. The Morgan fingerprint density at radius 3 is 2.41 bits per heavy atom. The van der Waals surface area contributed by atoms with Gasteiger partial charge in [0.25, 0.3) is 5.91 Å². The molecule has 0 saturated heterocycles. The second-order valence-electron chi connectivity index (χ2n) is 10.5. The molecule has 0 spiro atoms. The van der Waals surface area contributed by atoms with Crippen molar-refractivity contribution in [3.63, 3.8) is 0 Å². The van der Waals surface area contributed by atoms with Gasteiger partial charge in [-0.15, -0.1) is 0 Å². The summed E-state index contributed by atoms with van der Waals surface area (Å²) in [5, 5.41) is 15.3. The lowest BCUT2D eigenvalue weighted by atomic mass is 9.81. The molecule has 37 heavy (non-hydrogen) atoms. The molecule has 0 aliphatic rings.